The Hall–Kier alpha value is -0.970. The van der Waals surface area contributed by atoms with E-state index in [9.17, 15) is 19.1 Å². The highest BCUT2D eigenvalue weighted by Crippen LogP contribution is 2.67. The fraction of sp³-hybridized carbons (Fsp3) is 0.920. The number of Topliss-reactive ketones (excluding diaryl/α,β-unsaturated/α-hetero) is 1. The zero-order valence-electron chi connectivity index (χ0n) is 19.0. The molecule has 170 valence electrons. The highest BCUT2D eigenvalue weighted by atomic mass is 19.1. The zero-order valence-corrected chi connectivity index (χ0v) is 19.0. The minimum Gasteiger partial charge on any atom is -0.469 e. The van der Waals surface area contributed by atoms with Crippen molar-refractivity contribution in [3.63, 3.8) is 0 Å². The lowest BCUT2D eigenvalue weighted by atomic mass is 9.44. The van der Waals surface area contributed by atoms with Gasteiger partial charge in [0.1, 0.15) is 12.0 Å². The van der Waals surface area contributed by atoms with Crippen LogP contribution in [0.1, 0.15) is 78.6 Å². The molecule has 5 heteroatoms. The van der Waals surface area contributed by atoms with Gasteiger partial charge in [0.2, 0.25) is 0 Å². The molecule has 0 spiro atoms. The molecule has 4 fully saturated rings. The third-order valence-electron chi connectivity index (χ3n) is 10.2. The average Bonchev–Trinajstić information content (AvgIpc) is 3.05. The van der Waals surface area contributed by atoms with Crippen LogP contribution in [0.25, 0.3) is 0 Å². The zero-order chi connectivity index (χ0) is 21.8. The number of rotatable bonds is 4. The van der Waals surface area contributed by atoms with E-state index < -0.39 is 12.3 Å². The van der Waals surface area contributed by atoms with Gasteiger partial charge in [-0.1, -0.05) is 20.8 Å². The van der Waals surface area contributed by atoms with Crippen molar-refractivity contribution in [2.45, 2.75) is 90.8 Å². The summed E-state index contributed by atoms with van der Waals surface area (Å²) in [4.78, 5) is 25.0. The first-order chi connectivity index (χ1) is 14.1. The highest BCUT2D eigenvalue weighted by Gasteiger charge is 2.63. The lowest BCUT2D eigenvalue weighted by Gasteiger charge is -2.60. The number of esters is 1. The molecule has 0 aromatic rings. The minimum atomic E-state index is -1.16. The van der Waals surface area contributed by atoms with Crippen molar-refractivity contribution in [3.05, 3.63) is 0 Å². The third kappa shape index (κ3) is 3.34. The normalized spacial score (nSPS) is 49.0. The Bertz CT molecular complexity index is 695. The van der Waals surface area contributed by atoms with Crippen LogP contribution >= 0.6 is 0 Å². The average molecular weight is 423 g/mol. The maximum Gasteiger partial charge on any atom is 0.305 e. The fourth-order valence-electron chi connectivity index (χ4n) is 8.53. The number of ketones is 1. The van der Waals surface area contributed by atoms with E-state index in [2.05, 4.69) is 20.8 Å². The van der Waals surface area contributed by atoms with Crippen molar-refractivity contribution in [2.75, 3.05) is 7.11 Å². The molecule has 0 aromatic carbocycles. The number of hydrogen-bond acceptors (Lipinski definition) is 4. The Kier molecular flexibility index (Phi) is 5.83. The molecule has 0 amide bonds. The molecule has 4 nitrogen and oxygen atoms in total. The van der Waals surface area contributed by atoms with E-state index in [1.807, 2.05) is 0 Å². The molecule has 0 unspecified atom stereocenters. The Morgan fingerprint density at radius 1 is 1.23 bits per heavy atom. The van der Waals surface area contributed by atoms with Crippen LogP contribution in [0.5, 0.6) is 0 Å². The van der Waals surface area contributed by atoms with Gasteiger partial charge in [0.25, 0.3) is 0 Å². The summed E-state index contributed by atoms with van der Waals surface area (Å²) in [5.74, 6) is 1.96. The second-order valence-electron chi connectivity index (χ2n) is 11.5. The van der Waals surface area contributed by atoms with Crippen LogP contribution in [0.15, 0.2) is 0 Å². The van der Waals surface area contributed by atoms with Gasteiger partial charge >= 0.3 is 5.97 Å². The van der Waals surface area contributed by atoms with Crippen molar-refractivity contribution < 1.29 is 23.8 Å². The van der Waals surface area contributed by atoms with E-state index in [1.54, 1.807) is 0 Å². The molecule has 4 rings (SSSR count). The van der Waals surface area contributed by atoms with E-state index in [4.69, 9.17) is 4.74 Å². The van der Waals surface area contributed by atoms with Gasteiger partial charge < -0.3 is 9.84 Å². The Morgan fingerprint density at radius 2 is 1.93 bits per heavy atom. The predicted molar refractivity (Wildman–Crippen MR) is 112 cm³/mol. The van der Waals surface area contributed by atoms with Crippen LogP contribution in [-0.2, 0) is 14.3 Å². The number of carbonyl (C=O) groups is 2. The van der Waals surface area contributed by atoms with E-state index in [0.29, 0.717) is 49.2 Å². The lowest BCUT2D eigenvalue weighted by molar-refractivity contribution is -0.167. The quantitative estimate of drug-likeness (QED) is 0.666. The number of carbonyl (C=O) groups excluding carboxylic acids is 2. The van der Waals surface area contributed by atoms with E-state index in [-0.39, 0.29) is 34.6 Å². The number of alkyl halides is 1. The van der Waals surface area contributed by atoms with Gasteiger partial charge in [0.05, 0.1) is 13.2 Å². The summed E-state index contributed by atoms with van der Waals surface area (Å²) in [5.41, 5.74) is -0.0496. The number of aliphatic hydroxyl groups excluding tert-OH is 1. The van der Waals surface area contributed by atoms with Gasteiger partial charge in [-0.05, 0) is 85.4 Å². The first kappa shape index (κ1) is 22.2. The molecule has 0 radical (unpaired) electrons. The van der Waals surface area contributed by atoms with Gasteiger partial charge in [-0.15, -0.1) is 0 Å². The molecular formula is C25H39FO4. The summed E-state index contributed by atoms with van der Waals surface area (Å²) in [5, 5.41) is 10.1. The molecule has 0 aliphatic heterocycles. The maximum absolute atomic E-state index is 14.6. The van der Waals surface area contributed by atoms with Crippen molar-refractivity contribution >= 4 is 11.8 Å². The second kappa shape index (κ2) is 7.86. The summed E-state index contributed by atoms with van der Waals surface area (Å²) in [6.45, 7) is 6.84. The summed E-state index contributed by atoms with van der Waals surface area (Å²) in [7, 11) is 1.44. The molecule has 4 aliphatic rings. The third-order valence-corrected chi connectivity index (χ3v) is 10.2. The molecule has 4 aliphatic carbocycles. The Morgan fingerprint density at radius 3 is 2.63 bits per heavy atom. The largest absolute Gasteiger partial charge is 0.469 e. The summed E-state index contributed by atoms with van der Waals surface area (Å²) < 4.78 is 19.4. The van der Waals surface area contributed by atoms with Gasteiger partial charge in [0.15, 0.2) is 0 Å². The number of methoxy groups -OCH3 is 1. The van der Waals surface area contributed by atoms with Crippen LogP contribution in [-0.4, -0.2) is 36.2 Å². The number of fused-ring (bicyclic) bond motifs is 5. The van der Waals surface area contributed by atoms with E-state index in [1.165, 1.54) is 7.11 Å². The first-order valence-electron chi connectivity index (χ1n) is 12.0. The molecule has 1 N–H and O–H groups in total. The summed E-state index contributed by atoms with van der Waals surface area (Å²) in [6.07, 6.45) is 4.82. The number of halogens is 1. The van der Waals surface area contributed by atoms with Gasteiger partial charge in [0, 0.05) is 18.8 Å². The summed E-state index contributed by atoms with van der Waals surface area (Å²) >= 11 is 0. The topological polar surface area (TPSA) is 63.6 Å². The minimum absolute atomic E-state index is 0.0465. The molecule has 10 atom stereocenters. The summed E-state index contributed by atoms with van der Waals surface area (Å²) in [6, 6.07) is 0. The van der Waals surface area contributed by atoms with Crippen molar-refractivity contribution in [2.24, 2.45) is 46.3 Å². The Labute approximate surface area is 180 Å². The number of aliphatic hydroxyl groups is 1. The van der Waals surface area contributed by atoms with Crippen LogP contribution in [0.2, 0.25) is 0 Å². The molecular weight excluding hydrogens is 383 g/mol. The molecule has 4 saturated carbocycles. The number of ether oxygens (including phenoxy) is 1. The molecule has 0 saturated heterocycles. The Balaban J connectivity index is 1.55. The van der Waals surface area contributed by atoms with Gasteiger partial charge in [-0.2, -0.15) is 0 Å². The van der Waals surface area contributed by atoms with Crippen molar-refractivity contribution in [3.8, 4) is 0 Å². The van der Waals surface area contributed by atoms with E-state index >= 15 is 0 Å². The fourth-order valence-corrected chi connectivity index (χ4v) is 8.53. The van der Waals surface area contributed by atoms with Crippen LogP contribution in [0.3, 0.4) is 0 Å². The second-order valence-corrected chi connectivity index (χ2v) is 11.5. The van der Waals surface area contributed by atoms with Crippen LogP contribution in [0.4, 0.5) is 4.39 Å². The smallest absolute Gasteiger partial charge is 0.305 e. The lowest BCUT2D eigenvalue weighted by Crippen LogP contribution is -2.59. The number of hydrogen-bond donors (Lipinski definition) is 1. The van der Waals surface area contributed by atoms with Gasteiger partial charge in [-0.3, -0.25) is 9.59 Å². The van der Waals surface area contributed by atoms with Gasteiger partial charge in [-0.25, -0.2) is 4.39 Å². The SMILES string of the molecule is COC(=O)CC[C@@H](C)[C@H]1CC[C@H]2[C@@H]3C(=O)C[C@@H]4C[C@H](O)[C@H](F)C[C@]4(C)[C@H]3CC[C@]12C. The first-order valence-corrected chi connectivity index (χ1v) is 12.0. The van der Waals surface area contributed by atoms with E-state index in [0.717, 1.165) is 32.1 Å². The standard InChI is InChI=1S/C25H39FO4/c1-14(5-8-22(29)30-4)16-6-7-17-23-18(9-10-24(16,17)2)25(3)13-19(26)20(27)11-15(25)12-21(23)28/h14-20,23,27H,5-13H2,1-4H3/t14-,15+,16-,17+,18+,19-,20+,23+,24-,25+/m1/s1. The van der Waals surface area contributed by atoms with Crippen molar-refractivity contribution in [1.82, 2.24) is 0 Å². The highest BCUT2D eigenvalue weighted by molar-refractivity contribution is 5.83. The predicted octanol–water partition coefficient (Wildman–Crippen LogP) is 4.72. The molecule has 0 bridgehead atoms. The molecule has 0 heterocycles. The molecule has 30 heavy (non-hydrogen) atoms. The monoisotopic (exact) mass is 422 g/mol. The van der Waals surface area contributed by atoms with Crippen LogP contribution < -0.4 is 0 Å². The maximum atomic E-state index is 14.6. The van der Waals surface area contributed by atoms with Crippen LogP contribution in [0, 0.1) is 46.3 Å². The molecule has 0 aromatic heterocycles. The van der Waals surface area contributed by atoms with Crippen molar-refractivity contribution in [1.29, 1.82) is 0 Å².